The first-order chi connectivity index (χ1) is 16.3. The second kappa shape index (κ2) is 10.5. The van der Waals surface area contributed by atoms with Crippen LogP contribution >= 0.6 is 0 Å². The van der Waals surface area contributed by atoms with E-state index in [1.54, 1.807) is 17.6 Å². The van der Waals surface area contributed by atoms with E-state index >= 15 is 0 Å². The molecule has 6 nitrogen and oxygen atoms in total. The lowest BCUT2D eigenvalue weighted by Gasteiger charge is -2.37. The zero-order valence-electron chi connectivity index (χ0n) is 20.2. The molecule has 0 unspecified atom stereocenters. The van der Waals surface area contributed by atoms with Gasteiger partial charge in [0.05, 0.1) is 17.0 Å². The first kappa shape index (κ1) is 24.1. The minimum absolute atomic E-state index is 0.0480. The Labute approximate surface area is 201 Å². The first-order valence-corrected chi connectivity index (χ1v) is 12.3. The number of rotatable bonds is 6. The summed E-state index contributed by atoms with van der Waals surface area (Å²) in [4.78, 5) is 30.1. The summed E-state index contributed by atoms with van der Waals surface area (Å²) >= 11 is 0. The van der Waals surface area contributed by atoms with Crippen molar-refractivity contribution in [3.05, 3.63) is 76.3 Å². The molecular weight excluding hydrogens is 426 g/mol. The molecule has 0 bridgehead atoms. The third-order valence-corrected chi connectivity index (χ3v) is 7.21. The number of aliphatic hydroxyl groups excluding tert-OH is 1. The minimum atomic E-state index is -0.276. The third kappa shape index (κ3) is 5.73. The van der Waals surface area contributed by atoms with Gasteiger partial charge >= 0.3 is 0 Å². The summed E-state index contributed by atoms with van der Waals surface area (Å²) in [6.07, 6.45) is 4.34. The SMILES string of the molecule is Cc1nc2ccccc2c(=O)n1CCC(=O)NC[C@]1(C)CCC[C@@H](O)C[C@H](c2ccccc2)C1. The summed E-state index contributed by atoms with van der Waals surface area (Å²) in [5.74, 6) is 0.829. The predicted octanol–water partition coefficient (Wildman–Crippen LogP) is 4.33. The largest absolute Gasteiger partial charge is 0.393 e. The van der Waals surface area contributed by atoms with Crippen LogP contribution in [0.3, 0.4) is 0 Å². The number of aromatic nitrogens is 2. The lowest BCUT2D eigenvalue weighted by molar-refractivity contribution is -0.121. The van der Waals surface area contributed by atoms with Gasteiger partial charge in [0, 0.05) is 19.5 Å². The molecule has 1 heterocycles. The van der Waals surface area contributed by atoms with Crippen molar-refractivity contribution in [3.63, 3.8) is 0 Å². The average molecular weight is 462 g/mol. The highest BCUT2D eigenvalue weighted by Crippen LogP contribution is 2.40. The Morgan fingerprint density at radius 3 is 2.71 bits per heavy atom. The fraction of sp³-hybridized carbons (Fsp3) is 0.464. The van der Waals surface area contributed by atoms with E-state index in [0.717, 1.165) is 32.1 Å². The highest BCUT2D eigenvalue weighted by atomic mass is 16.3. The number of nitrogens with zero attached hydrogens (tertiary/aromatic N) is 2. The Morgan fingerprint density at radius 2 is 1.91 bits per heavy atom. The molecule has 2 N–H and O–H groups in total. The second-order valence-corrected chi connectivity index (χ2v) is 10.1. The zero-order chi connectivity index (χ0) is 24.1. The van der Waals surface area contributed by atoms with E-state index in [-0.39, 0.29) is 35.3 Å². The lowest BCUT2D eigenvalue weighted by Crippen LogP contribution is -2.39. The Kier molecular flexibility index (Phi) is 7.47. The molecule has 1 aliphatic rings. The van der Waals surface area contributed by atoms with E-state index in [0.29, 0.717) is 29.8 Å². The molecule has 4 rings (SSSR count). The quantitative estimate of drug-likeness (QED) is 0.572. The highest BCUT2D eigenvalue weighted by molar-refractivity contribution is 5.78. The van der Waals surface area contributed by atoms with Crippen LogP contribution in [0.4, 0.5) is 0 Å². The van der Waals surface area contributed by atoms with Gasteiger partial charge in [0.25, 0.3) is 5.56 Å². The van der Waals surface area contributed by atoms with E-state index in [1.165, 1.54) is 5.56 Å². The van der Waals surface area contributed by atoms with Crippen molar-refractivity contribution >= 4 is 16.8 Å². The van der Waals surface area contributed by atoms with Gasteiger partial charge in [0.1, 0.15) is 5.82 Å². The van der Waals surface area contributed by atoms with Crippen molar-refractivity contribution in [3.8, 4) is 0 Å². The van der Waals surface area contributed by atoms with Crippen molar-refractivity contribution < 1.29 is 9.90 Å². The molecule has 3 aromatic rings. The van der Waals surface area contributed by atoms with Gasteiger partial charge < -0.3 is 10.4 Å². The maximum Gasteiger partial charge on any atom is 0.261 e. The molecule has 0 spiro atoms. The predicted molar refractivity (Wildman–Crippen MR) is 135 cm³/mol. The average Bonchev–Trinajstić information content (AvgIpc) is 2.82. The van der Waals surface area contributed by atoms with Crippen molar-refractivity contribution in [1.82, 2.24) is 14.9 Å². The standard InChI is InChI=1S/C28H35N3O3/c1-20-30-25-13-7-6-12-24(25)27(34)31(20)16-14-26(33)29-19-28(2)15-8-11-23(32)17-22(18-28)21-9-4-3-5-10-21/h3-7,9-10,12-13,22-23,32H,8,11,14-19H2,1-2H3,(H,29,33)/t22-,23+,28+/m0/s1. The molecule has 6 heteroatoms. The number of hydrogen-bond acceptors (Lipinski definition) is 4. The number of fused-ring (bicyclic) bond motifs is 1. The molecular formula is C28H35N3O3. The smallest absolute Gasteiger partial charge is 0.261 e. The van der Waals surface area contributed by atoms with Gasteiger partial charge in [-0.1, -0.05) is 55.8 Å². The highest BCUT2D eigenvalue weighted by Gasteiger charge is 2.32. The summed E-state index contributed by atoms with van der Waals surface area (Å²) in [6.45, 7) is 4.95. The summed E-state index contributed by atoms with van der Waals surface area (Å²) in [7, 11) is 0. The van der Waals surface area contributed by atoms with Crippen LogP contribution in [0.15, 0.2) is 59.4 Å². The molecule has 0 radical (unpaired) electrons. The summed E-state index contributed by atoms with van der Waals surface area (Å²) in [5.41, 5.74) is 1.78. The second-order valence-electron chi connectivity index (χ2n) is 10.1. The molecule has 1 aromatic heterocycles. The Bertz CT molecular complexity index is 1190. The van der Waals surface area contributed by atoms with Crippen molar-refractivity contribution in [1.29, 1.82) is 0 Å². The maximum absolute atomic E-state index is 12.9. The van der Waals surface area contributed by atoms with Crippen LogP contribution in [0.1, 0.15) is 62.8 Å². The topological polar surface area (TPSA) is 84.2 Å². The van der Waals surface area contributed by atoms with E-state index in [2.05, 4.69) is 29.4 Å². The Morgan fingerprint density at radius 1 is 1.18 bits per heavy atom. The van der Waals surface area contributed by atoms with Crippen LogP contribution in [-0.2, 0) is 11.3 Å². The molecule has 34 heavy (non-hydrogen) atoms. The van der Waals surface area contributed by atoms with Gasteiger partial charge in [-0.25, -0.2) is 4.98 Å². The number of carbonyl (C=O) groups is 1. The van der Waals surface area contributed by atoms with Crippen LogP contribution in [0.25, 0.3) is 10.9 Å². The number of carbonyl (C=O) groups excluding carboxylic acids is 1. The number of hydrogen-bond donors (Lipinski definition) is 2. The van der Waals surface area contributed by atoms with E-state index < -0.39 is 0 Å². The van der Waals surface area contributed by atoms with Gasteiger partial charge in [-0.2, -0.15) is 0 Å². The number of benzene rings is 2. The van der Waals surface area contributed by atoms with Crippen molar-refractivity contribution in [2.45, 2.75) is 70.9 Å². The first-order valence-electron chi connectivity index (χ1n) is 12.3. The van der Waals surface area contributed by atoms with Crippen LogP contribution in [0.5, 0.6) is 0 Å². The van der Waals surface area contributed by atoms with Crippen molar-refractivity contribution in [2.75, 3.05) is 6.54 Å². The molecule has 2 aromatic carbocycles. The van der Waals surface area contributed by atoms with E-state index in [9.17, 15) is 14.7 Å². The molecule has 0 aliphatic heterocycles. The molecule has 3 atom stereocenters. The zero-order valence-corrected chi connectivity index (χ0v) is 20.2. The monoisotopic (exact) mass is 461 g/mol. The van der Waals surface area contributed by atoms with Crippen LogP contribution in [0, 0.1) is 12.3 Å². The third-order valence-electron chi connectivity index (χ3n) is 7.21. The van der Waals surface area contributed by atoms with Gasteiger partial charge in [-0.05, 0) is 61.6 Å². The Balaban J connectivity index is 1.39. The molecule has 1 saturated carbocycles. The lowest BCUT2D eigenvalue weighted by atomic mass is 9.71. The summed E-state index contributed by atoms with van der Waals surface area (Å²) < 4.78 is 1.59. The van der Waals surface area contributed by atoms with Crippen LogP contribution in [0.2, 0.25) is 0 Å². The molecule has 1 aliphatic carbocycles. The molecule has 0 saturated heterocycles. The fourth-order valence-corrected chi connectivity index (χ4v) is 5.29. The molecule has 1 fully saturated rings. The number of amides is 1. The van der Waals surface area contributed by atoms with Crippen LogP contribution < -0.4 is 10.9 Å². The summed E-state index contributed by atoms with van der Waals surface area (Å²) in [5, 5.41) is 14.1. The number of aliphatic hydroxyl groups is 1. The number of nitrogens with one attached hydrogen (secondary N) is 1. The van der Waals surface area contributed by atoms with Gasteiger partial charge in [-0.15, -0.1) is 0 Å². The van der Waals surface area contributed by atoms with E-state index in [4.69, 9.17) is 0 Å². The Hall–Kier alpha value is -2.99. The number of para-hydroxylation sites is 1. The fourth-order valence-electron chi connectivity index (χ4n) is 5.29. The minimum Gasteiger partial charge on any atom is -0.393 e. The molecule has 1 amide bonds. The van der Waals surface area contributed by atoms with E-state index in [1.807, 2.05) is 36.4 Å². The van der Waals surface area contributed by atoms with Gasteiger partial charge in [-0.3, -0.25) is 14.2 Å². The normalized spacial score (nSPS) is 23.3. The van der Waals surface area contributed by atoms with Gasteiger partial charge in [0.15, 0.2) is 0 Å². The van der Waals surface area contributed by atoms with Crippen molar-refractivity contribution in [2.24, 2.45) is 5.41 Å². The maximum atomic E-state index is 12.9. The summed E-state index contributed by atoms with van der Waals surface area (Å²) in [6, 6.07) is 17.7. The number of aryl methyl sites for hydroxylation is 1. The van der Waals surface area contributed by atoms with Gasteiger partial charge in [0.2, 0.25) is 5.91 Å². The molecule has 180 valence electrons. The van der Waals surface area contributed by atoms with Crippen LogP contribution in [-0.4, -0.2) is 33.2 Å².